The first-order valence-electron chi connectivity index (χ1n) is 11.5. The molecule has 3 aromatic rings. The van der Waals surface area contributed by atoms with E-state index in [1.807, 2.05) is 6.92 Å². The van der Waals surface area contributed by atoms with Gasteiger partial charge in [0.1, 0.15) is 24.0 Å². The van der Waals surface area contributed by atoms with Gasteiger partial charge in [-0.1, -0.05) is 24.3 Å². The van der Waals surface area contributed by atoms with E-state index < -0.39 is 17.9 Å². The second-order valence-electron chi connectivity index (χ2n) is 8.26. The molecule has 0 spiro atoms. The van der Waals surface area contributed by atoms with Gasteiger partial charge in [0.2, 0.25) is 0 Å². The fourth-order valence-electron chi connectivity index (χ4n) is 4.15. The molecule has 7 nitrogen and oxygen atoms in total. The maximum Gasteiger partial charge on any atom is 0.528 e. The SMILES string of the molecule is CCOc1ccc(CC(=O)O)cc1-c1ccc(F)c2c1CN(OC(=O)OCc1ccc(F)cc1)CC2. The van der Waals surface area contributed by atoms with Crippen molar-refractivity contribution in [1.29, 1.82) is 0 Å². The summed E-state index contributed by atoms with van der Waals surface area (Å²) in [6, 6.07) is 13.7. The van der Waals surface area contributed by atoms with Gasteiger partial charge in [-0.05, 0) is 71.5 Å². The maximum atomic E-state index is 14.7. The molecule has 0 amide bonds. The van der Waals surface area contributed by atoms with Crippen LogP contribution in [0.15, 0.2) is 54.6 Å². The lowest BCUT2D eigenvalue weighted by atomic mass is 9.90. The Morgan fingerprint density at radius 3 is 2.44 bits per heavy atom. The first kappa shape index (κ1) is 25.1. The molecule has 0 bridgehead atoms. The fourth-order valence-corrected chi connectivity index (χ4v) is 4.15. The Bertz CT molecular complexity index is 1260. The van der Waals surface area contributed by atoms with Gasteiger partial charge in [0, 0.05) is 12.1 Å². The van der Waals surface area contributed by atoms with Gasteiger partial charge in [0.15, 0.2) is 0 Å². The van der Waals surface area contributed by atoms with Crippen LogP contribution >= 0.6 is 0 Å². The Balaban J connectivity index is 1.56. The molecule has 1 heterocycles. The van der Waals surface area contributed by atoms with E-state index in [2.05, 4.69) is 0 Å². The highest BCUT2D eigenvalue weighted by Crippen LogP contribution is 2.38. The predicted octanol–water partition coefficient (Wildman–Crippen LogP) is 5.28. The van der Waals surface area contributed by atoms with Crippen LogP contribution in [0.3, 0.4) is 0 Å². The fraction of sp³-hybridized carbons (Fsp3) is 0.259. The van der Waals surface area contributed by atoms with Crippen LogP contribution in [-0.2, 0) is 40.4 Å². The molecule has 1 aliphatic heterocycles. The summed E-state index contributed by atoms with van der Waals surface area (Å²) in [5.41, 5.74) is 3.58. The second-order valence-corrected chi connectivity index (χ2v) is 8.26. The largest absolute Gasteiger partial charge is 0.528 e. The predicted molar refractivity (Wildman–Crippen MR) is 126 cm³/mol. The van der Waals surface area contributed by atoms with Crippen LogP contribution in [0.4, 0.5) is 13.6 Å². The summed E-state index contributed by atoms with van der Waals surface area (Å²) in [4.78, 5) is 28.9. The molecule has 0 unspecified atom stereocenters. The Kier molecular flexibility index (Phi) is 7.80. The number of carbonyl (C=O) groups is 2. The van der Waals surface area contributed by atoms with E-state index in [1.165, 1.54) is 35.4 Å². The zero-order valence-electron chi connectivity index (χ0n) is 19.6. The van der Waals surface area contributed by atoms with Crippen LogP contribution in [0, 0.1) is 11.6 Å². The van der Waals surface area contributed by atoms with Gasteiger partial charge in [-0.15, -0.1) is 5.06 Å². The number of carboxylic acid groups (broad SMARTS) is 1. The van der Waals surface area contributed by atoms with Crippen molar-refractivity contribution in [2.75, 3.05) is 13.2 Å². The van der Waals surface area contributed by atoms with E-state index in [1.54, 1.807) is 24.3 Å². The number of nitrogens with zero attached hydrogens (tertiary/aromatic N) is 1. The van der Waals surface area contributed by atoms with Gasteiger partial charge in [0.05, 0.1) is 19.6 Å². The van der Waals surface area contributed by atoms with E-state index in [4.69, 9.17) is 14.3 Å². The Morgan fingerprint density at radius 1 is 0.972 bits per heavy atom. The Labute approximate surface area is 206 Å². The number of aliphatic carboxylic acids is 1. The lowest BCUT2D eigenvalue weighted by Crippen LogP contribution is -2.34. The van der Waals surface area contributed by atoms with Gasteiger partial charge < -0.3 is 19.4 Å². The molecule has 0 atom stereocenters. The quantitative estimate of drug-likeness (QED) is 0.424. The molecule has 0 fully saturated rings. The summed E-state index contributed by atoms with van der Waals surface area (Å²) >= 11 is 0. The average molecular weight is 497 g/mol. The van der Waals surface area contributed by atoms with Gasteiger partial charge in [-0.3, -0.25) is 4.79 Å². The van der Waals surface area contributed by atoms with Crippen LogP contribution in [0.5, 0.6) is 5.75 Å². The minimum atomic E-state index is -0.968. The van der Waals surface area contributed by atoms with E-state index in [-0.39, 0.29) is 31.9 Å². The maximum absolute atomic E-state index is 14.7. The first-order valence-corrected chi connectivity index (χ1v) is 11.5. The third-order valence-electron chi connectivity index (χ3n) is 5.78. The van der Waals surface area contributed by atoms with Crippen LogP contribution in [0.25, 0.3) is 11.1 Å². The molecule has 0 aliphatic carbocycles. The lowest BCUT2D eigenvalue weighted by molar-refractivity contribution is -0.139. The van der Waals surface area contributed by atoms with Crippen LogP contribution in [0.2, 0.25) is 0 Å². The second kappa shape index (κ2) is 11.2. The summed E-state index contributed by atoms with van der Waals surface area (Å²) in [7, 11) is 0. The van der Waals surface area contributed by atoms with Crippen molar-refractivity contribution in [2.45, 2.75) is 32.9 Å². The Hall–Kier alpha value is -3.98. The minimum absolute atomic E-state index is 0.0858. The zero-order valence-corrected chi connectivity index (χ0v) is 19.6. The van der Waals surface area contributed by atoms with Gasteiger partial charge >= 0.3 is 12.1 Å². The van der Waals surface area contributed by atoms with E-state index in [0.717, 1.165) is 0 Å². The number of rotatable bonds is 8. The van der Waals surface area contributed by atoms with Gasteiger partial charge in [-0.2, -0.15) is 0 Å². The number of ether oxygens (including phenoxy) is 2. The number of hydrogen-bond donors (Lipinski definition) is 1. The number of hydroxylamine groups is 2. The minimum Gasteiger partial charge on any atom is -0.493 e. The van der Waals surface area contributed by atoms with Crippen LogP contribution in [0.1, 0.15) is 29.2 Å². The highest BCUT2D eigenvalue weighted by molar-refractivity contribution is 5.77. The lowest BCUT2D eigenvalue weighted by Gasteiger charge is -2.29. The molecule has 3 aromatic carbocycles. The first-order chi connectivity index (χ1) is 17.3. The van der Waals surface area contributed by atoms with Crippen LogP contribution in [-0.4, -0.2) is 35.4 Å². The third kappa shape index (κ3) is 5.98. The van der Waals surface area contributed by atoms with Gasteiger partial charge in [0.25, 0.3) is 0 Å². The van der Waals surface area contributed by atoms with Crippen molar-refractivity contribution in [3.05, 3.63) is 88.5 Å². The molecular formula is C27H25F2NO6. The summed E-state index contributed by atoms with van der Waals surface area (Å²) in [6.07, 6.45) is -0.809. The van der Waals surface area contributed by atoms with Crippen molar-refractivity contribution in [3.8, 4) is 16.9 Å². The number of carboxylic acids is 1. The van der Waals surface area contributed by atoms with Crippen molar-refractivity contribution in [3.63, 3.8) is 0 Å². The topological polar surface area (TPSA) is 85.3 Å². The summed E-state index contributed by atoms with van der Waals surface area (Å²) in [5, 5.41) is 10.6. The standard InChI is InChI=1S/C27H25F2NO6/c1-2-34-25-10-5-18(14-26(31)32)13-22(25)20-8-9-24(29)21-11-12-30(15-23(20)21)36-27(33)35-16-17-3-6-19(28)7-4-17/h3-10,13H,2,11-12,14-16H2,1H3,(H,31,32). The molecule has 36 heavy (non-hydrogen) atoms. The van der Waals surface area contributed by atoms with E-state index in [9.17, 15) is 23.5 Å². The molecule has 0 saturated heterocycles. The molecule has 0 saturated carbocycles. The number of carbonyl (C=O) groups excluding carboxylic acids is 1. The molecule has 4 rings (SSSR count). The third-order valence-corrected chi connectivity index (χ3v) is 5.78. The molecule has 1 N–H and O–H groups in total. The van der Waals surface area contributed by atoms with Crippen molar-refractivity contribution < 1.29 is 37.8 Å². The smallest absolute Gasteiger partial charge is 0.493 e. The molecule has 0 aromatic heterocycles. The van der Waals surface area contributed by atoms with Crippen molar-refractivity contribution in [2.24, 2.45) is 0 Å². The Morgan fingerprint density at radius 2 is 1.72 bits per heavy atom. The highest BCUT2D eigenvalue weighted by atomic mass is 19.1. The molecule has 0 radical (unpaired) electrons. The van der Waals surface area contributed by atoms with Crippen molar-refractivity contribution in [1.82, 2.24) is 5.06 Å². The zero-order chi connectivity index (χ0) is 25.7. The number of benzene rings is 3. The highest BCUT2D eigenvalue weighted by Gasteiger charge is 2.26. The average Bonchev–Trinajstić information content (AvgIpc) is 2.85. The van der Waals surface area contributed by atoms with Crippen molar-refractivity contribution >= 4 is 12.1 Å². The summed E-state index contributed by atoms with van der Waals surface area (Å²) in [5.74, 6) is -1.19. The molecular weight excluding hydrogens is 472 g/mol. The molecule has 1 aliphatic rings. The summed E-state index contributed by atoms with van der Waals surface area (Å²) in [6.45, 7) is 2.50. The summed E-state index contributed by atoms with van der Waals surface area (Å²) < 4.78 is 38.6. The van der Waals surface area contributed by atoms with Gasteiger partial charge in [-0.25, -0.2) is 13.6 Å². The number of hydrogen-bond acceptors (Lipinski definition) is 6. The van der Waals surface area contributed by atoms with E-state index in [0.29, 0.717) is 52.2 Å². The van der Waals surface area contributed by atoms with E-state index >= 15 is 0 Å². The molecule has 188 valence electrons. The normalized spacial score (nSPS) is 13.1. The number of halogens is 2. The monoisotopic (exact) mass is 497 g/mol. The number of fused-ring (bicyclic) bond motifs is 1. The molecule has 9 heteroatoms. The van der Waals surface area contributed by atoms with Crippen LogP contribution < -0.4 is 4.74 Å².